The number of rotatable bonds is 5. The maximum absolute atomic E-state index is 2.44. The summed E-state index contributed by atoms with van der Waals surface area (Å²) in [6, 6.07) is 0. The Morgan fingerprint density at radius 3 is 0.893 bits per heavy atom. The molecule has 11 rings (SSSR count). The molecule has 0 spiro atoms. The smallest absolute Gasteiger partial charge is 0.0257 e. The Labute approximate surface area is 658 Å². The molecule has 0 heteroatoms. The number of hydrogen-bond acceptors (Lipinski definition) is 0. The molecule has 0 aromatic carbocycles. The van der Waals surface area contributed by atoms with Gasteiger partial charge < -0.3 is 0 Å². The van der Waals surface area contributed by atoms with E-state index in [4.69, 9.17) is 0 Å². The van der Waals surface area contributed by atoms with Gasteiger partial charge in [-0.15, -0.1) is 0 Å². The molecule has 0 aromatic heterocycles. The van der Waals surface area contributed by atoms with Gasteiger partial charge in [0.2, 0.25) is 0 Å². The van der Waals surface area contributed by atoms with Crippen molar-refractivity contribution >= 4 is 0 Å². The zero-order chi connectivity index (χ0) is 79.4. The lowest BCUT2D eigenvalue weighted by molar-refractivity contribution is 0.00575. The van der Waals surface area contributed by atoms with Crippen LogP contribution in [0, 0.1) is 150 Å². The van der Waals surface area contributed by atoms with E-state index in [1.165, 1.54) is 212 Å². The van der Waals surface area contributed by atoms with Crippen LogP contribution in [0.15, 0.2) is 0 Å². The van der Waals surface area contributed by atoms with Crippen molar-refractivity contribution < 1.29 is 0 Å². The third-order valence-corrected chi connectivity index (χ3v) is 32.2. The molecule has 4 unspecified atom stereocenters. The largest absolute Gasteiger partial charge is 0.0654 e. The summed E-state index contributed by atoms with van der Waals surface area (Å²) in [7, 11) is 0. The third kappa shape index (κ3) is 44.1. The zero-order valence-electron chi connectivity index (χ0n) is 79.4. The molecule has 11 aliphatic carbocycles. The van der Waals surface area contributed by atoms with Crippen molar-refractivity contribution in [1.29, 1.82) is 0 Å². The maximum Gasteiger partial charge on any atom is -0.0257 e. The van der Waals surface area contributed by atoms with Crippen LogP contribution in [0.2, 0.25) is 0 Å². The van der Waals surface area contributed by atoms with Gasteiger partial charge in [-0.1, -0.05) is 448 Å². The Balaban J connectivity index is 0.00000110. The van der Waals surface area contributed by atoms with Crippen molar-refractivity contribution in [3.63, 3.8) is 0 Å². The Hall–Kier alpha value is 0. The molecule has 0 amide bonds. The molecule has 0 aliphatic heterocycles. The van der Waals surface area contributed by atoms with Gasteiger partial charge in [0.05, 0.1) is 0 Å². The first kappa shape index (κ1) is 103. The summed E-state index contributed by atoms with van der Waals surface area (Å²) in [6.07, 6.45) is 61.2. The second-order valence-corrected chi connectivity index (χ2v) is 46.7. The molecule has 0 nitrogen and oxygen atoms in total. The molecule has 0 radical (unpaired) electrons. The van der Waals surface area contributed by atoms with Gasteiger partial charge in [0.25, 0.3) is 0 Å². The van der Waals surface area contributed by atoms with Gasteiger partial charge in [0, 0.05) is 0 Å². The van der Waals surface area contributed by atoms with Crippen LogP contribution >= 0.6 is 0 Å². The number of fused-ring (bicyclic) bond motifs is 4. The Bertz CT molecular complexity index is 1860. The van der Waals surface area contributed by atoms with E-state index in [1.54, 1.807) is 51.4 Å². The molecule has 4 bridgehead atoms. The van der Waals surface area contributed by atoms with E-state index in [2.05, 4.69) is 249 Å². The Kier molecular flexibility index (Phi) is 50.9. The highest BCUT2D eigenvalue weighted by molar-refractivity contribution is 4.92. The molecular weight excluding hydrogens is 1240 g/mol. The summed E-state index contributed by atoms with van der Waals surface area (Å²) in [5.41, 5.74) is 3.55. The van der Waals surface area contributed by atoms with Crippen molar-refractivity contribution in [1.82, 2.24) is 0 Å². The van der Waals surface area contributed by atoms with Crippen molar-refractivity contribution in [2.24, 2.45) is 150 Å². The van der Waals surface area contributed by atoms with Crippen LogP contribution in [0.4, 0.5) is 0 Å². The fraction of sp³-hybridized carbons (Fsp3) is 1.00. The van der Waals surface area contributed by atoms with E-state index in [-0.39, 0.29) is 0 Å². The molecule has 103 heavy (non-hydrogen) atoms. The first-order valence-corrected chi connectivity index (χ1v) is 47.3. The molecular formula is C103H208. The van der Waals surface area contributed by atoms with Crippen LogP contribution in [0.3, 0.4) is 0 Å². The summed E-state index contributed by atoms with van der Waals surface area (Å²) in [5.74, 6) is 18.5. The molecule has 620 valence electrons. The lowest BCUT2D eigenvalue weighted by Gasteiger charge is -2.49. The standard InChI is InChI=1S/C11H24.2C10H22.2C8H14.7C8H16/c1-9(2,3)11(7,8)10(4,5)6;1-8(9(2,3)4)10(5,6)7;1-8(2)10(6,7)9(3,4)5;1-6-4-7-2-3-8(6)5-7;1-6-7-2-3-8(6)5-4-7;1-7-3-5-8(2)6-4-7;1-7-4-3-5-8(2)6-7;1-8(2)6-4-3-5-7-8;1-7-5-3-4-6-8(7)2;1-7(2)8-5-3-4-6-8;1-2-8-6-4-3-5-7-8;1-2-5-8-6-3-4-7-8/h1-8H3;2*8H,1-7H3;2*6-8H,2-5H2,1H3;2*7-8H,3-6H2,1-2H3;3-7H2,1-2H3;2*7-8H,3-6H2,1-2H3;2*8H,2-7H2,1H3/t;;;6-,7?,8?;;;7-,8?;;7-,8?;;;/m...0..1.1.../s1. The minimum absolute atomic E-state index is 0.375. The topological polar surface area (TPSA) is 0 Å². The van der Waals surface area contributed by atoms with E-state index in [0.29, 0.717) is 43.3 Å². The predicted octanol–water partition coefficient (Wildman–Crippen LogP) is 36.7. The molecule has 7 atom stereocenters. The second kappa shape index (κ2) is 50.9. The van der Waals surface area contributed by atoms with E-state index in [0.717, 1.165) is 107 Å². The van der Waals surface area contributed by atoms with Crippen LogP contribution in [0.1, 0.15) is 513 Å². The highest BCUT2D eigenvalue weighted by Crippen LogP contribution is 2.52. The SMILES string of the molecule is CC(C(C)(C)C)C(C)(C)C.CC(C)(C)C(C)(C)C(C)(C)C.CC(C)C(C)(C)C(C)(C)C.CC(C)C1CCCC1.CC1(C)CCCCC1.CC1C2CCC1CC2.CC1CCC(C)CC1.CC1CCCC[C@H]1C.CC1CCC[C@@H](C)C1.CCC1CCCCC1.CCCC1CCCC1.C[C@H]1CC2CCC1C2. The van der Waals surface area contributed by atoms with E-state index in [1.807, 2.05) is 0 Å². The maximum atomic E-state index is 2.44. The van der Waals surface area contributed by atoms with E-state index >= 15 is 0 Å². The van der Waals surface area contributed by atoms with Crippen molar-refractivity contribution in [2.75, 3.05) is 0 Å². The normalized spacial score (nSPS) is 29.4. The average Bonchev–Trinajstić information content (AvgIpc) is 0.976. The summed E-state index contributed by atoms with van der Waals surface area (Å²) >= 11 is 0. The van der Waals surface area contributed by atoms with Crippen molar-refractivity contribution in [3.8, 4) is 0 Å². The Morgan fingerprint density at radius 1 is 0.330 bits per heavy atom. The van der Waals surface area contributed by atoms with Gasteiger partial charge >= 0.3 is 0 Å². The fourth-order valence-corrected chi connectivity index (χ4v) is 19.5. The van der Waals surface area contributed by atoms with Gasteiger partial charge in [-0.3, -0.25) is 0 Å². The average molecular weight is 1450 g/mol. The summed E-state index contributed by atoms with van der Waals surface area (Å²) in [4.78, 5) is 0. The monoisotopic (exact) mass is 1450 g/mol. The molecule has 0 N–H and O–H groups in total. The van der Waals surface area contributed by atoms with Crippen molar-refractivity contribution in [2.45, 2.75) is 513 Å². The second-order valence-electron chi connectivity index (χ2n) is 46.7. The molecule has 11 saturated carbocycles. The van der Waals surface area contributed by atoms with Gasteiger partial charge in [-0.25, -0.2) is 0 Å². The van der Waals surface area contributed by atoms with Gasteiger partial charge in [-0.2, -0.15) is 0 Å². The van der Waals surface area contributed by atoms with Crippen LogP contribution < -0.4 is 0 Å². The van der Waals surface area contributed by atoms with Gasteiger partial charge in [0.15, 0.2) is 0 Å². The highest BCUT2D eigenvalue weighted by Gasteiger charge is 2.43. The zero-order valence-corrected chi connectivity index (χ0v) is 79.4. The van der Waals surface area contributed by atoms with E-state index < -0.39 is 0 Å². The van der Waals surface area contributed by atoms with E-state index in [9.17, 15) is 0 Å². The minimum Gasteiger partial charge on any atom is -0.0654 e. The predicted molar refractivity (Wildman–Crippen MR) is 476 cm³/mol. The van der Waals surface area contributed by atoms with Crippen molar-refractivity contribution in [3.05, 3.63) is 0 Å². The fourth-order valence-electron chi connectivity index (χ4n) is 19.5. The molecule has 0 aromatic rings. The quantitative estimate of drug-likeness (QED) is 0.257. The highest BCUT2D eigenvalue weighted by atomic mass is 14.5. The lowest BCUT2D eigenvalue weighted by atomic mass is 9.56. The van der Waals surface area contributed by atoms with Crippen LogP contribution in [-0.4, -0.2) is 0 Å². The minimum atomic E-state index is 0.375. The molecule has 11 aliphatic rings. The lowest BCUT2D eigenvalue weighted by Crippen LogP contribution is -2.41. The molecule has 11 fully saturated rings. The van der Waals surface area contributed by atoms with Crippen LogP contribution in [0.5, 0.6) is 0 Å². The number of hydrogen-bond donors (Lipinski definition) is 0. The molecule has 0 heterocycles. The summed E-state index contributed by atoms with van der Waals surface area (Å²) in [5, 5.41) is 0. The molecule has 0 saturated heterocycles. The third-order valence-electron chi connectivity index (χ3n) is 32.2. The first-order chi connectivity index (χ1) is 47.3. The summed E-state index contributed by atoms with van der Waals surface area (Å²) in [6.45, 7) is 84.2. The van der Waals surface area contributed by atoms with Gasteiger partial charge in [-0.05, 0) is 214 Å². The first-order valence-electron chi connectivity index (χ1n) is 47.3. The van der Waals surface area contributed by atoms with Gasteiger partial charge in [0.1, 0.15) is 0 Å². The van der Waals surface area contributed by atoms with Crippen LogP contribution in [-0.2, 0) is 0 Å². The Morgan fingerprint density at radius 2 is 0.699 bits per heavy atom. The van der Waals surface area contributed by atoms with Crippen LogP contribution in [0.25, 0.3) is 0 Å². The summed E-state index contributed by atoms with van der Waals surface area (Å²) < 4.78 is 0.